The van der Waals surface area contributed by atoms with E-state index in [1.165, 1.54) is 12.1 Å². The second-order valence-corrected chi connectivity index (χ2v) is 12.2. The molecule has 1 unspecified atom stereocenters. The molecule has 0 aliphatic carbocycles. The van der Waals surface area contributed by atoms with Crippen LogP contribution in [0.5, 0.6) is 5.75 Å². The van der Waals surface area contributed by atoms with Crippen LogP contribution in [-0.2, 0) is 27.7 Å². The topological polar surface area (TPSA) is 142 Å². The lowest BCUT2D eigenvalue weighted by Gasteiger charge is -2.28. The van der Waals surface area contributed by atoms with Gasteiger partial charge in [0, 0.05) is 12.1 Å². The first-order valence-corrected chi connectivity index (χ1v) is 14.3. The van der Waals surface area contributed by atoms with Crippen LogP contribution in [0.25, 0.3) is 0 Å². The largest absolute Gasteiger partial charge is 0.506 e. The number of anilines is 1. The maximum absolute atomic E-state index is 12.3. The smallest absolute Gasteiger partial charge is 0.229 e. The summed E-state index contributed by atoms with van der Waals surface area (Å²) in [7, 11) is -3.58. The van der Waals surface area contributed by atoms with Gasteiger partial charge in [-0.1, -0.05) is 60.2 Å². The number of amides is 1. The number of nitrogens with two attached hydrogens (primary N) is 1. The number of nitrogens with one attached hydrogen (secondary N) is 2. The number of primary amides is 1. The Labute approximate surface area is 225 Å². The maximum atomic E-state index is 12.3. The molecule has 3 rings (SSSR count). The van der Waals surface area contributed by atoms with Crippen molar-refractivity contribution < 1.29 is 23.4 Å². The van der Waals surface area contributed by atoms with E-state index in [2.05, 4.69) is 10.0 Å². The Morgan fingerprint density at radius 2 is 1.68 bits per heavy atom. The molecule has 0 radical (unpaired) electrons. The van der Waals surface area contributed by atoms with Crippen LogP contribution < -0.4 is 15.8 Å². The summed E-state index contributed by atoms with van der Waals surface area (Å²) >= 11 is 0. The molecule has 0 saturated carbocycles. The molecule has 0 heterocycles. The molecule has 6 N–H and O–H groups in total. The van der Waals surface area contributed by atoms with Crippen LogP contribution in [0.2, 0.25) is 0 Å². The molecule has 0 aliphatic heterocycles. The molecule has 0 fully saturated rings. The van der Waals surface area contributed by atoms with Crippen molar-refractivity contribution in [2.24, 2.45) is 5.73 Å². The van der Waals surface area contributed by atoms with Gasteiger partial charge in [-0.25, -0.2) is 8.42 Å². The summed E-state index contributed by atoms with van der Waals surface area (Å²) in [5, 5.41) is 24.0. The Bertz CT molecular complexity index is 1370. The number of phenols is 1. The van der Waals surface area contributed by atoms with Crippen molar-refractivity contribution in [3.63, 3.8) is 0 Å². The Kier molecular flexibility index (Phi) is 9.19. The van der Waals surface area contributed by atoms with Gasteiger partial charge in [-0.05, 0) is 68.0 Å². The number of sulfonamides is 1. The third kappa shape index (κ3) is 8.58. The number of phenolic OH excluding ortho intramolecular Hbond substituents is 1. The Morgan fingerprint density at radius 1 is 1.00 bits per heavy atom. The number of rotatable bonds is 12. The van der Waals surface area contributed by atoms with Gasteiger partial charge < -0.3 is 21.3 Å². The molecule has 3 aromatic carbocycles. The SMILES string of the molecule is Cc1ccc(CC(C(N)=O)c2cccc(CC(C)(C)NC[C@H](O)c3ccc(O)c(NS(C)(=O)=O)c3)c2)cc1. The predicted octanol–water partition coefficient (Wildman–Crippen LogP) is 3.53. The molecule has 0 saturated heterocycles. The highest BCUT2D eigenvalue weighted by Gasteiger charge is 2.23. The fourth-order valence-corrected chi connectivity index (χ4v) is 4.93. The maximum Gasteiger partial charge on any atom is 0.229 e. The van der Waals surface area contributed by atoms with Crippen molar-refractivity contribution in [2.75, 3.05) is 17.5 Å². The van der Waals surface area contributed by atoms with Crippen molar-refractivity contribution in [3.05, 3.63) is 94.5 Å². The zero-order chi connectivity index (χ0) is 28.1. The van der Waals surface area contributed by atoms with Crippen molar-refractivity contribution in [1.82, 2.24) is 5.32 Å². The highest BCUT2D eigenvalue weighted by atomic mass is 32.2. The van der Waals surface area contributed by atoms with Crippen LogP contribution in [0.4, 0.5) is 5.69 Å². The lowest BCUT2D eigenvalue weighted by molar-refractivity contribution is -0.119. The first-order chi connectivity index (χ1) is 17.7. The third-order valence-corrected chi connectivity index (χ3v) is 6.97. The van der Waals surface area contributed by atoms with Crippen LogP contribution in [0, 0.1) is 6.92 Å². The fraction of sp³-hybridized carbons (Fsp3) is 0.345. The normalized spacial score (nSPS) is 13.6. The molecule has 3 aromatic rings. The molecule has 0 aliphatic rings. The van der Waals surface area contributed by atoms with Crippen molar-refractivity contribution in [3.8, 4) is 5.75 Å². The number of hydrogen-bond donors (Lipinski definition) is 5. The van der Waals surface area contributed by atoms with Crippen LogP contribution in [0.1, 0.15) is 53.7 Å². The molecule has 38 heavy (non-hydrogen) atoms. The zero-order valence-corrected chi connectivity index (χ0v) is 23.0. The van der Waals surface area contributed by atoms with Gasteiger partial charge in [0.15, 0.2) is 0 Å². The molecule has 0 spiro atoms. The summed E-state index contributed by atoms with van der Waals surface area (Å²) in [6.45, 7) is 6.24. The molecule has 9 heteroatoms. The van der Waals surface area contributed by atoms with Crippen LogP contribution in [0.3, 0.4) is 0 Å². The van der Waals surface area contributed by atoms with Crippen LogP contribution in [-0.4, -0.2) is 42.9 Å². The Balaban J connectivity index is 1.68. The second kappa shape index (κ2) is 12.0. The minimum absolute atomic E-state index is 0.00904. The van der Waals surface area contributed by atoms with Gasteiger partial charge in [0.1, 0.15) is 5.75 Å². The average molecular weight is 540 g/mol. The van der Waals surface area contributed by atoms with E-state index in [0.717, 1.165) is 28.5 Å². The van der Waals surface area contributed by atoms with E-state index in [4.69, 9.17) is 5.73 Å². The molecule has 204 valence electrons. The molecule has 8 nitrogen and oxygen atoms in total. The summed E-state index contributed by atoms with van der Waals surface area (Å²) < 4.78 is 25.3. The van der Waals surface area contributed by atoms with Crippen LogP contribution >= 0.6 is 0 Å². The van der Waals surface area contributed by atoms with E-state index in [1.54, 1.807) is 6.07 Å². The third-order valence-electron chi connectivity index (χ3n) is 6.38. The van der Waals surface area contributed by atoms with Crippen molar-refractivity contribution in [2.45, 2.75) is 51.2 Å². The molecular weight excluding hydrogens is 502 g/mol. The summed E-state index contributed by atoms with van der Waals surface area (Å²) in [5.74, 6) is -1.04. The molecule has 0 aromatic heterocycles. The Morgan fingerprint density at radius 3 is 2.32 bits per heavy atom. The molecular formula is C29H37N3O5S. The van der Waals surface area contributed by atoms with Gasteiger partial charge in [-0.2, -0.15) is 0 Å². The summed E-state index contributed by atoms with van der Waals surface area (Å²) in [5.41, 5.74) is 9.92. The first kappa shape index (κ1) is 29.2. The number of aliphatic hydroxyl groups excluding tert-OH is 1. The quantitative estimate of drug-likeness (QED) is 0.223. The minimum atomic E-state index is -3.58. The van der Waals surface area contributed by atoms with E-state index in [9.17, 15) is 23.4 Å². The summed E-state index contributed by atoms with van der Waals surface area (Å²) in [6.07, 6.45) is 1.20. The van der Waals surface area contributed by atoms with Crippen molar-refractivity contribution in [1.29, 1.82) is 0 Å². The van der Waals surface area contributed by atoms with E-state index in [-0.39, 0.29) is 23.9 Å². The average Bonchev–Trinajstić information content (AvgIpc) is 2.82. The summed E-state index contributed by atoms with van der Waals surface area (Å²) in [4.78, 5) is 12.3. The molecule has 2 atom stereocenters. The number of aliphatic hydroxyl groups is 1. The predicted molar refractivity (Wildman–Crippen MR) is 151 cm³/mol. The van der Waals surface area contributed by atoms with E-state index < -0.39 is 27.6 Å². The van der Waals surface area contributed by atoms with Gasteiger partial charge in [-0.15, -0.1) is 0 Å². The second-order valence-electron chi connectivity index (χ2n) is 10.5. The highest BCUT2D eigenvalue weighted by Crippen LogP contribution is 2.28. The van der Waals surface area contributed by atoms with Crippen molar-refractivity contribution >= 4 is 21.6 Å². The molecule has 1 amide bonds. The number of aromatic hydroxyl groups is 1. The number of benzene rings is 3. The minimum Gasteiger partial charge on any atom is -0.506 e. The highest BCUT2D eigenvalue weighted by molar-refractivity contribution is 7.92. The van der Waals surface area contributed by atoms with Gasteiger partial charge in [0.25, 0.3) is 0 Å². The number of aryl methyl sites for hydroxylation is 1. The first-order valence-electron chi connectivity index (χ1n) is 12.4. The van der Waals surface area contributed by atoms with Gasteiger partial charge in [0.2, 0.25) is 15.9 Å². The number of carbonyl (C=O) groups is 1. The standard InChI is InChI=1S/C29H37N3O5S/c1-19-8-10-20(11-9-19)15-24(28(30)35)22-7-5-6-21(14-22)17-29(2,3)31-18-27(34)23-12-13-26(33)25(16-23)32-38(4,36)37/h5-14,16,24,27,31-34H,15,17-18H2,1-4H3,(H2,30,35)/t24?,27-/m0/s1. The van der Waals surface area contributed by atoms with E-state index in [1.807, 2.05) is 69.3 Å². The van der Waals surface area contributed by atoms with Gasteiger partial charge in [0.05, 0.1) is 24.0 Å². The zero-order valence-electron chi connectivity index (χ0n) is 22.2. The Hall–Kier alpha value is -3.40. The number of β-amino-alcohol motifs (C(OH)–C–C–N with tert-alkyl or cyclic N) is 1. The number of carbonyl (C=O) groups excluding carboxylic acids is 1. The lowest BCUT2D eigenvalue weighted by atomic mass is 9.87. The van der Waals surface area contributed by atoms with Gasteiger partial charge in [-0.3, -0.25) is 9.52 Å². The van der Waals surface area contributed by atoms with E-state index >= 15 is 0 Å². The molecule has 0 bridgehead atoms. The monoisotopic (exact) mass is 539 g/mol. The lowest BCUT2D eigenvalue weighted by Crippen LogP contribution is -2.43. The number of hydrogen-bond acceptors (Lipinski definition) is 6. The van der Waals surface area contributed by atoms with Crippen LogP contribution in [0.15, 0.2) is 66.7 Å². The summed E-state index contributed by atoms with van der Waals surface area (Å²) in [6, 6.07) is 20.2. The van der Waals surface area contributed by atoms with Gasteiger partial charge >= 0.3 is 0 Å². The van der Waals surface area contributed by atoms with E-state index in [0.29, 0.717) is 18.4 Å². The fourth-order valence-electron chi connectivity index (χ4n) is 4.37.